The molecule has 1 atom stereocenters. The Labute approximate surface area is 88.8 Å². The van der Waals surface area contributed by atoms with Gasteiger partial charge >= 0.3 is 0 Å². The number of aryl methyl sites for hydroxylation is 1. The molecule has 0 aliphatic carbocycles. The van der Waals surface area contributed by atoms with E-state index in [1.54, 1.807) is 4.68 Å². The highest BCUT2D eigenvalue weighted by atomic mass is 16.2. The molecule has 1 aromatic heterocycles. The van der Waals surface area contributed by atoms with Crippen LogP contribution in [0.1, 0.15) is 12.1 Å². The molecule has 1 unspecified atom stereocenters. The van der Waals surface area contributed by atoms with Crippen molar-refractivity contribution in [2.45, 2.75) is 18.9 Å². The molecule has 5 heteroatoms. The van der Waals surface area contributed by atoms with Crippen molar-refractivity contribution in [1.82, 2.24) is 14.7 Å². The summed E-state index contributed by atoms with van der Waals surface area (Å²) in [5, 5.41) is 4.26. The van der Waals surface area contributed by atoms with Gasteiger partial charge in [-0.2, -0.15) is 5.10 Å². The number of rotatable bonds is 3. The number of amides is 1. The summed E-state index contributed by atoms with van der Waals surface area (Å²) in [5.74, 6) is 0.0749. The molecule has 0 aromatic carbocycles. The predicted octanol–water partition coefficient (Wildman–Crippen LogP) is -0.478. The van der Waals surface area contributed by atoms with Crippen LogP contribution in [0.25, 0.3) is 0 Å². The first kappa shape index (κ1) is 10.2. The molecule has 0 radical (unpaired) electrons. The summed E-state index contributed by atoms with van der Waals surface area (Å²) in [7, 11) is 1.89. The van der Waals surface area contributed by atoms with Crippen LogP contribution in [0.15, 0.2) is 12.3 Å². The highest BCUT2D eigenvalue weighted by Gasteiger charge is 2.27. The van der Waals surface area contributed by atoms with Gasteiger partial charge in [-0.05, 0) is 12.5 Å². The molecule has 1 aromatic rings. The van der Waals surface area contributed by atoms with Crippen LogP contribution in [-0.4, -0.2) is 39.7 Å². The third kappa shape index (κ3) is 2.18. The molecule has 5 nitrogen and oxygen atoms in total. The van der Waals surface area contributed by atoms with Gasteiger partial charge in [-0.3, -0.25) is 9.48 Å². The number of likely N-dealkylation sites (tertiary alicyclic amines) is 1. The van der Waals surface area contributed by atoms with Gasteiger partial charge in [-0.15, -0.1) is 0 Å². The van der Waals surface area contributed by atoms with E-state index >= 15 is 0 Å². The smallest absolute Gasteiger partial charge is 0.239 e. The molecule has 0 spiro atoms. The molecule has 0 saturated carbocycles. The summed E-state index contributed by atoms with van der Waals surface area (Å²) in [6.07, 6.45) is 3.49. The summed E-state index contributed by atoms with van der Waals surface area (Å²) < 4.78 is 1.77. The first-order valence-corrected chi connectivity index (χ1v) is 5.20. The summed E-state index contributed by atoms with van der Waals surface area (Å²) in [4.78, 5) is 13.3. The molecule has 2 N–H and O–H groups in total. The number of carbonyl (C=O) groups is 1. The maximum atomic E-state index is 11.5. The summed E-state index contributed by atoms with van der Waals surface area (Å²) >= 11 is 0. The Balaban J connectivity index is 1.86. The Morgan fingerprint density at radius 2 is 2.47 bits per heavy atom. The van der Waals surface area contributed by atoms with Gasteiger partial charge in [0.15, 0.2) is 0 Å². The molecule has 2 rings (SSSR count). The highest BCUT2D eigenvalue weighted by molar-refractivity contribution is 5.83. The minimum absolute atomic E-state index is 0.0749. The number of carbonyl (C=O) groups excluding carboxylic acids is 1. The van der Waals surface area contributed by atoms with E-state index in [0.717, 1.165) is 31.6 Å². The van der Waals surface area contributed by atoms with E-state index in [4.69, 9.17) is 5.73 Å². The second kappa shape index (κ2) is 4.02. The van der Waals surface area contributed by atoms with Crippen LogP contribution in [0.2, 0.25) is 0 Å². The molecule has 1 amide bonds. The Bertz CT molecular complexity index is 360. The number of hydrogen-bond acceptors (Lipinski definition) is 3. The number of aromatic nitrogens is 2. The fourth-order valence-corrected chi connectivity index (χ4v) is 1.83. The zero-order chi connectivity index (χ0) is 10.8. The highest BCUT2D eigenvalue weighted by Crippen LogP contribution is 2.09. The standard InChI is InChI=1S/C10H16N4O/c1-13-5-2-8(12-13)3-6-14-7-4-9(11)10(14)15/h2,5,9H,3-4,6-7,11H2,1H3. The van der Waals surface area contributed by atoms with Crippen LogP contribution in [0.3, 0.4) is 0 Å². The average molecular weight is 208 g/mol. The topological polar surface area (TPSA) is 64.2 Å². The first-order chi connectivity index (χ1) is 7.16. The van der Waals surface area contributed by atoms with Gasteiger partial charge in [0.2, 0.25) is 5.91 Å². The molecule has 2 heterocycles. The van der Waals surface area contributed by atoms with Crippen molar-refractivity contribution in [2.24, 2.45) is 12.8 Å². The maximum absolute atomic E-state index is 11.5. The fraction of sp³-hybridized carbons (Fsp3) is 0.600. The number of nitrogens with two attached hydrogens (primary N) is 1. The van der Waals surface area contributed by atoms with Gasteiger partial charge in [-0.1, -0.05) is 0 Å². The second-order valence-electron chi connectivity index (χ2n) is 3.95. The maximum Gasteiger partial charge on any atom is 0.239 e. The Hall–Kier alpha value is -1.36. The normalized spacial score (nSPS) is 21.3. The van der Waals surface area contributed by atoms with Crippen LogP contribution in [0.4, 0.5) is 0 Å². The van der Waals surface area contributed by atoms with E-state index in [1.165, 1.54) is 0 Å². The zero-order valence-corrected chi connectivity index (χ0v) is 8.89. The van der Waals surface area contributed by atoms with Crippen LogP contribution < -0.4 is 5.73 Å². The lowest BCUT2D eigenvalue weighted by molar-refractivity contribution is -0.128. The van der Waals surface area contributed by atoms with Gasteiger partial charge in [0.1, 0.15) is 0 Å². The van der Waals surface area contributed by atoms with Crippen molar-refractivity contribution in [3.8, 4) is 0 Å². The van der Waals surface area contributed by atoms with Crippen molar-refractivity contribution < 1.29 is 4.79 Å². The van der Waals surface area contributed by atoms with Gasteiger partial charge in [-0.25, -0.2) is 0 Å². The van der Waals surface area contributed by atoms with E-state index in [9.17, 15) is 4.79 Å². The second-order valence-corrected chi connectivity index (χ2v) is 3.95. The number of nitrogens with zero attached hydrogens (tertiary/aromatic N) is 3. The fourth-order valence-electron chi connectivity index (χ4n) is 1.83. The number of hydrogen-bond donors (Lipinski definition) is 1. The van der Waals surface area contributed by atoms with Crippen LogP contribution >= 0.6 is 0 Å². The van der Waals surface area contributed by atoms with E-state index in [1.807, 2.05) is 24.2 Å². The lowest BCUT2D eigenvalue weighted by Gasteiger charge is -2.14. The quantitative estimate of drug-likeness (QED) is 0.730. The Morgan fingerprint density at radius 1 is 1.67 bits per heavy atom. The predicted molar refractivity (Wildman–Crippen MR) is 56.1 cm³/mol. The van der Waals surface area contributed by atoms with E-state index in [2.05, 4.69) is 5.10 Å². The molecule has 0 bridgehead atoms. The molecule has 1 fully saturated rings. The van der Waals surface area contributed by atoms with Crippen molar-refractivity contribution in [1.29, 1.82) is 0 Å². The molecule has 1 aliphatic heterocycles. The largest absolute Gasteiger partial charge is 0.341 e. The van der Waals surface area contributed by atoms with Crippen LogP contribution in [-0.2, 0) is 18.3 Å². The Morgan fingerprint density at radius 3 is 3.00 bits per heavy atom. The van der Waals surface area contributed by atoms with E-state index in [0.29, 0.717) is 0 Å². The van der Waals surface area contributed by atoms with Gasteiger partial charge < -0.3 is 10.6 Å². The van der Waals surface area contributed by atoms with Gasteiger partial charge in [0.25, 0.3) is 0 Å². The molecule has 1 aliphatic rings. The van der Waals surface area contributed by atoms with E-state index in [-0.39, 0.29) is 11.9 Å². The molecule has 82 valence electrons. The van der Waals surface area contributed by atoms with Gasteiger partial charge in [0.05, 0.1) is 11.7 Å². The van der Waals surface area contributed by atoms with Crippen molar-refractivity contribution in [3.05, 3.63) is 18.0 Å². The monoisotopic (exact) mass is 208 g/mol. The molecular weight excluding hydrogens is 192 g/mol. The molecule has 15 heavy (non-hydrogen) atoms. The third-order valence-corrected chi connectivity index (χ3v) is 2.75. The zero-order valence-electron chi connectivity index (χ0n) is 8.89. The first-order valence-electron chi connectivity index (χ1n) is 5.20. The van der Waals surface area contributed by atoms with Gasteiger partial charge in [0, 0.05) is 32.8 Å². The molecular formula is C10H16N4O. The minimum atomic E-state index is -0.284. The summed E-state index contributed by atoms with van der Waals surface area (Å²) in [5.41, 5.74) is 6.65. The summed E-state index contributed by atoms with van der Waals surface area (Å²) in [6, 6.07) is 1.69. The lowest BCUT2D eigenvalue weighted by Crippen LogP contribution is -2.35. The van der Waals surface area contributed by atoms with Crippen molar-refractivity contribution >= 4 is 5.91 Å². The summed E-state index contributed by atoms with van der Waals surface area (Å²) in [6.45, 7) is 1.51. The average Bonchev–Trinajstić information content (AvgIpc) is 2.74. The van der Waals surface area contributed by atoms with E-state index < -0.39 is 0 Å². The minimum Gasteiger partial charge on any atom is -0.341 e. The third-order valence-electron chi connectivity index (χ3n) is 2.75. The lowest BCUT2D eigenvalue weighted by atomic mass is 10.3. The molecule has 1 saturated heterocycles. The van der Waals surface area contributed by atoms with Crippen molar-refractivity contribution in [3.63, 3.8) is 0 Å². The van der Waals surface area contributed by atoms with Crippen LogP contribution in [0.5, 0.6) is 0 Å². The Kier molecular flexibility index (Phi) is 2.73. The van der Waals surface area contributed by atoms with Crippen LogP contribution in [0, 0.1) is 0 Å². The SMILES string of the molecule is Cn1ccc(CCN2CCC(N)C2=O)n1. The van der Waals surface area contributed by atoms with Crippen molar-refractivity contribution in [2.75, 3.05) is 13.1 Å².